The molecule has 0 amide bonds. The maximum Gasteiger partial charge on any atom is 2.00 e. The molecule has 6 nitrogen and oxygen atoms in total. The number of rotatable bonds is 17. The number of unbranched alkanes of at least 4 members (excludes halogenated alkanes) is 11. The first-order valence-corrected chi connectivity index (χ1v) is 11.9. The first-order valence-electron chi connectivity index (χ1n) is 11.9. The summed E-state index contributed by atoms with van der Waals surface area (Å²) < 4.78 is 0. The Morgan fingerprint density at radius 1 is 0.667 bits per heavy atom. The molecule has 0 aromatic carbocycles. The number of carbonyl (C=O) groups excluding carboxylic acids is 2. The van der Waals surface area contributed by atoms with Gasteiger partial charge < -0.3 is 24.9 Å². The molecule has 33 heavy (non-hydrogen) atoms. The molecule has 0 unspecified atom stereocenters. The molecule has 0 aliphatic heterocycles. The van der Waals surface area contributed by atoms with Crippen molar-refractivity contribution in [3.05, 3.63) is 24.3 Å². The van der Waals surface area contributed by atoms with Crippen LogP contribution in [0.1, 0.15) is 118 Å². The Morgan fingerprint density at radius 3 is 1.12 bits per heavy atom. The maximum absolute atomic E-state index is 10.3. The van der Waals surface area contributed by atoms with Crippen LogP contribution in [-0.2, 0) is 33.9 Å². The van der Waals surface area contributed by atoms with E-state index < -0.39 is 17.9 Å². The van der Waals surface area contributed by atoms with Crippen molar-refractivity contribution in [3.8, 4) is 0 Å². The molecular weight excluding hydrogens is 474 g/mol. The van der Waals surface area contributed by atoms with Gasteiger partial charge in [-0.2, -0.15) is 0 Å². The monoisotopic (exact) mass is 518 g/mol. The summed E-state index contributed by atoms with van der Waals surface area (Å²) in [5, 5.41) is 27.5. The molecule has 7 heteroatoms. The van der Waals surface area contributed by atoms with Crippen LogP contribution >= 0.6 is 0 Å². The normalized spacial score (nSPS) is 9.48. The minimum absolute atomic E-state index is 0. The van der Waals surface area contributed by atoms with E-state index >= 15 is 0 Å². The largest absolute Gasteiger partial charge is 2.00 e. The van der Waals surface area contributed by atoms with Crippen LogP contribution in [0.4, 0.5) is 0 Å². The second-order valence-electron chi connectivity index (χ2n) is 8.70. The minimum Gasteiger partial charge on any atom is -0.545 e. The standard InChI is InChI=1S/C18H36O2.2C4H6O2.Zn/c1-17(2)15-13-11-9-7-5-3-4-6-8-10-12-14-16-18(19)20;2*1-3(2)4(5)6;/h17H,3-16H2,1-2H3,(H,19,20);2*1H2,2H3,(H,5,6);/q;;;+2/p-2. The molecule has 1 N–H and O–H groups in total. The van der Waals surface area contributed by atoms with Gasteiger partial charge in [0.25, 0.3) is 0 Å². The van der Waals surface area contributed by atoms with Gasteiger partial charge in [0.2, 0.25) is 0 Å². The van der Waals surface area contributed by atoms with Crippen LogP contribution in [0, 0.1) is 5.92 Å². The average Bonchev–Trinajstić information content (AvgIpc) is 2.68. The van der Waals surface area contributed by atoms with Crippen LogP contribution in [0.15, 0.2) is 24.3 Å². The first-order chi connectivity index (χ1) is 14.9. The van der Waals surface area contributed by atoms with Crippen LogP contribution in [0.5, 0.6) is 0 Å². The van der Waals surface area contributed by atoms with Gasteiger partial charge in [-0.1, -0.05) is 104 Å². The fourth-order valence-electron chi connectivity index (χ4n) is 2.60. The molecule has 188 valence electrons. The summed E-state index contributed by atoms with van der Waals surface area (Å²) in [5.41, 5.74) is 0.130. The van der Waals surface area contributed by atoms with Crippen LogP contribution in [0.3, 0.4) is 0 Å². The smallest absolute Gasteiger partial charge is 0.545 e. The van der Waals surface area contributed by atoms with E-state index in [1.54, 1.807) is 0 Å². The molecule has 0 atom stereocenters. The summed E-state index contributed by atoms with van der Waals surface area (Å²) in [6.07, 6.45) is 17.3. The summed E-state index contributed by atoms with van der Waals surface area (Å²) in [4.78, 5) is 29.3. The molecule has 0 saturated heterocycles. The van der Waals surface area contributed by atoms with Crippen molar-refractivity contribution in [1.82, 2.24) is 0 Å². The molecule has 0 fully saturated rings. The molecule has 0 rings (SSSR count). The number of carboxylic acid groups (broad SMARTS) is 3. The van der Waals surface area contributed by atoms with Crippen molar-refractivity contribution < 1.29 is 49.2 Å². The van der Waals surface area contributed by atoms with E-state index in [0.29, 0.717) is 6.42 Å². The number of carboxylic acids is 3. The molecule has 0 aliphatic rings. The number of hydrogen-bond acceptors (Lipinski definition) is 5. The van der Waals surface area contributed by atoms with E-state index in [0.717, 1.165) is 18.8 Å². The number of carbonyl (C=O) groups is 3. The summed E-state index contributed by atoms with van der Waals surface area (Å²) in [7, 11) is 0. The Bertz CT molecular complexity index is 481. The van der Waals surface area contributed by atoms with Gasteiger partial charge in [-0.3, -0.25) is 4.79 Å². The van der Waals surface area contributed by atoms with E-state index in [4.69, 9.17) is 5.11 Å². The van der Waals surface area contributed by atoms with E-state index in [1.165, 1.54) is 84.5 Å². The van der Waals surface area contributed by atoms with Gasteiger partial charge in [-0.15, -0.1) is 0 Å². The quantitative estimate of drug-likeness (QED) is 0.167. The summed E-state index contributed by atoms with van der Waals surface area (Å²) >= 11 is 0. The Kier molecular flexibility index (Phi) is 33.5. The molecular formula is C26H46O6Zn. The third-order valence-corrected chi connectivity index (χ3v) is 4.62. The van der Waals surface area contributed by atoms with Gasteiger partial charge in [-0.05, 0) is 37.3 Å². The van der Waals surface area contributed by atoms with Crippen molar-refractivity contribution in [2.24, 2.45) is 5.92 Å². The van der Waals surface area contributed by atoms with Gasteiger partial charge in [-0.25, -0.2) is 0 Å². The van der Waals surface area contributed by atoms with Crippen molar-refractivity contribution in [3.63, 3.8) is 0 Å². The van der Waals surface area contributed by atoms with E-state index in [9.17, 15) is 24.6 Å². The van der Waals surface area contributed by atoms with Crippen molar-refractivity contribution in [2.45, 2.75) is 118 Å². The predicted molar refractivity (Wildman–Crippen MR) is 127 cm³/mol. The second kappa shape index (κ2) is 28.5. The third-order valence-electron chi connectivity index (χ3n) is 4.62. The zero-order valence-electron chi connectivity index (χ0n) is 21.6. The minimum atomic E-state index is -1.19. The summed E-state index contributed by atoms with van der Waals surface area (Å²) in [5.74, 6) is -2.16. The number of aliphatic carboxylic acids is 3. The predicted octanol–water partition coefficient (Wildman–Crippen LogP) is 4.81. The molecule has 0 aliphatic carbocycles. The van der Waals surface area contributed by atoms with Crippen molar-refractivity contribution in [2.75, 3.05) is 0 Å². The summed E-state index contributed by atoms with van der Waals surface area (Å²) in [6.45, 7) is 13.6. The molecule has 0 radical (unpaired) electrons. The number of hydrogen-bond donors (Lipinski definition) is 1. The molecule has 0 saturated carbocycles. The Labute approximate surface area is 214 Å². The third kappa shape index (κ3) is 44.9. The van der Waals surface area contributed by atoms with E-state index in [2.05, 4.69) is 27.0 Å². The fourth-order valence-corrected chi connectivity index (χ4v) is 2.60. The summed E-state index contributed by atoms with van der Waals surface area (Å²) in [6, 6.07) is 0. The van der Waals surface area contributed by atoms with Gasteiger partial charge in [0.05, 0.1) is 11.9 Å². The fraction of sp³-hybridized carbons (Fsp3) is 0.731. The second-order valence-corrected chi connectivity index (χ2v) is 8.70. The Morgan fingerprint density at radius 2 is 0.909 bits per heavy atom. The molecule has 0 heterocycles. The van der Waals surface area contributed by atoms with Gasteiger partial charge in [0, 0.05) is 6.42 Å². The molecule has 0 spiro atoms. The van der Waals surface area contributed by atoms with E-state index in [1.807, 2.05) is 0 Å². The van der Waals surface area contributed by atoms with Gasteiger partial charge in [0.15, 0.2) is 0 Å². The molecule has 0 aromatic rings. The maximum atomic E-state index is 10.3. The Hall–Kier alpha value is -1.49. The van der Waals surface area contributed by atoms with Gasteiger partial charge >= 0.3 is 25.4 Å². The van der Waals surface area contributed by atoms with Crippen LogP contribution in [0.2, 0.25) is 0 Å². The average molecular weight is 520 g/mol. The zero-order chi connectivity index (χ0) is 25.4. The molecule has 0 bridgehead atoms. The van der Waals surface area contributed by atoms with E-state index in [-0.39, 0.29) is 30.6 Å². The zero-order valence-corrected chi connectivity index (χ0v) is 24.6. The topological polar surface area (TPSA) is 118 Å². The van der Waals surface area contributed by atoms with Crippen LogP contribution in [-0.4, -0.2) is 23.0 Å². The van der Waals surface area contributed by atoms with Gasteiger partial charge in [0.1, 0.15) is 0 Å². The van der Waals surface area contributed by atoms with Crippen LogP contribution in [0.25, 0.3) is 0 Å². The molecule has 0 aromatic heterocycles. The Balaban J connectivity index is -0.000000266. The van der Waals surface area contributed by atoms with Crippen LogP contribution < -0.4 is 10.2 Å². The van der Waals surface area contributed by atoms with Crippen molar-refractivity contribution in [1.29, 1.82) is 0 Å². The SMILES string of the molecule is C=C(C)C(=O)[O-].C=C(C)C(=O)[O-].CC(C)CCCCCCCCCCCCCCC(=O)O.[Zn+2]. The van der Waals surface area contributed by atoms with Crippen molar-refractivity contribution >= 4 is 17.9 Å². The first kappa shape index (κ1) is 38.8.